The van der Waals surface area contributed by atoms with Crippen molar-refractivity contribution in [3.63, 3.8) is 0 Å². The second kappa shape index (κ2) is 7.08. The van der Waals surface area contributed by atoms with Crippen LogP contribution in [0.4, 0.5) is 0 Å². The van der Waals surface area contributed by atoms with Crippen molar-refractivity contribution >= 4 is 5.91 Å². The summed E-state index contributed by atoms with van der Waals surface area (Å²) in [7, 11) is 0. The molecule has 1 aromatic carbocycles. The minimum absolute atomic E-state index is 0.0289. The van der Waals surface area contributed by atoms with E-state index < -0.39 is 0 Å². The molecule has 0 aliphatic carbocycles. The fourth-order valence-electron chi connectivity index (χ4n) is 3.19. The van der Waals surface area contributed by atoms with Crippen molar-refractivity contribution in [1.29, 1.82) is 0 Å². The molecule has 2 rings (SSSR count). The quantitative estimate of drug-likeness (QED) is 0.920. The summed E-state index contributed by atoms with van der Waals surface area (Å²) in [5.41, 5.74) is 8.90. The number of carbonyl (C=O) groups is 1. The van der Waals surface area contributed by atoms with E-state index in [0.29, 0.717) is 12.3 Å². The first-order valence-electron chi connectivity index (χ1n) is 8.19. The Labute approximate surface area is 128 Å². The SMILES string of the molecule is CCCN1C(=O)CCCC(N)C1c1ccc(C(C)C)cc1. The molecular weight excluding hydrogens is 260 g/mol. The van der Waals surface area contributed by atoms with Crippen LogP contribution < -0.4 is 5.73 Å². The number of likely N-dealkylation sites (tertiary alicyclic amines) is 1. The molecule has 2 N–H and O–H groups in total. The van der Waals surface area contributed by atoms with Gasteiger partial charge in [-0.25, -0.2) is 0 Å². The van der Waals surface area contributed by atoms with Gasteiger partial charge in [-0.3, -0.25) is 4.79 Å². The molecule has 0 spiro atoms. The molecule has 0 bridgehead atoms. The Balaban J connectivity index is 2.32. The minimum atomic E-state index is 0.0289. The van der Waals surface area contributed by atoms with Gasteiger partial charge < -0.3 is 10.6 Å². The van der Waals surface area contributed by atoms with E-state index in [4.69, 9.17) is 5.73 Å². The Bertz CT molecular complexity index is 467. The predicted molar refractivity (Wildman–Crippen MR) is 87.1 cm³/mol. The van der Waals surface area contributed by atoms with E-state index in [1.54, 1.807) is 0 Å². The lowest BCUT2D eigenvalue weighted by Crippen LogP contribution is -2.42. The average Bonchev–Trinajstić information content (AvgIpc) is 2.59. The average molecular weight is 288 g/mol. The van der Waals surface area contributed by atoms with Crippen LogP contribution >= 0.6 is 0 Å². The number of carbonyl (C=O) groups excluding carboxylic acids is 1. The summed E-state index contributed by atoms with van der Waals surface area (Å²) in [6.07, 6.45) is 3.43. The largest absolute Gasteiger partial charge is 0.334 e. The first kappa shape index (κ1) is 16.0. The third-order valence-corrected chi connectivity index (χ3v) is 4.40. The van der Waals surface area contributed by atoms with Crippen LogP contribution in [-0.4, -0.2) is 23.4 Å². The van der Waals surface area contributed by atoms with Crippen molar-refractivity contribution in [3.05, 3.63) is 35.4 Å². The zero-order valence-corrected chi connectivity index (χ0v) is 13.5. The summed E-state index contributed by atoms with van der Waals surface area (Å²) in [4.78, 5) is 14.4. The Morgan fingerprint density at radius 2 is 1.95 bits per heavy atom. The number of nitrogens with zero attached hydrogens (tertiary/aromatic N) is 1. The smallest absolute Gasteiger partial charge is 0.223 e. The number of hydrogen-bond donors (Lipinski definition) is 1. The van der Waals surface area contributed by atoms with Crippen LogP contribution in [0.15, 0.2) is 24.3 Å². The maximum Gasteiger partial charge on any atom is 0.223 e. The van der Waals surface area contributed by atoms with E-state index in [0.717, 1.165) is 25.8 Å². The van der Waals surface area contributed by atoms with Gasteiger partial charge in [-0.15, -0.1) is 0 Å². The van der Waals surface area contributed by atoms with Gasteiger partial charge >= 0.3 is 0 Å². The van der Waals surface area contributed by atoms with Crippen molar-refractivity contribution in [3.8, 4) is 0 Å². The standard InChI is InChI=1S/C18H28N2O/c1-4-12-20-17(21)7-5-6-16(19)18(20)15-10-8-14(9-11-15)13(2)3/h8-11,13,16,18H,4-7,12,19H2,1-3H3. The van der Waals surface area contributed by atoms with Gasteiger partial charge in [0.1, 0.15) is 0 Å². The summed E-state index contributed by atoms with van der Waals surface area (Å²) in [5, 5.41) is 0. The van der Waals surface area contributed by atoms with Crippen molar-refractivity contribution in [2.24, 2.45) is 5.73 Å². The lowest BCUT2D eigenvalue weighted by Gasteiger charge is -2.34. The monoisotopic (exact) mass is 288 g/mol. The molecule has 1 amide bonds. The molecule has 1 heterocycles. The summed E-state index contributed by atoms with van der Waals surface area (Å²) in [6, 6.07) is 8.72. The van der Waals surface area contributed by atoms with Gasteiger partial charge in [0.25, 0.3) is 0 Å². The van der Waals surface area contributed by atoms with Crippen LogP contribution in [0.5, 0.6) is 0 Å². The normalized spacial score (nSPS) is 23.5. The molecule has 0 aromatic heterocycles. The summed E-state index contributed by atoms with van der Waals surface area (Å²) >= 11 is 0. The maximum absolute atomic E-state index is 12.4. The minimum Gasteiger partial charge on any atom is -0.334 e. The van der Waals surface area contributed by atoms with Crippen LogP contribution in [0.25, 0.3) is 0 Å². The number of nitrogens with two attached hydrogens (primary N) is 1. The molecular formula is C18H28N2O. The molecule has 1 aliphatic rings. The Kier molecular flexibility index (Phi) is 5.40. The lowest BCUT2D eigenvalue weighted by atomic mass is 9.93. The molecule has 21 heavy (non-hydrogen) atoms. The predicted octanol–water partition coefficient (Wildman–Crippen LogP) is 3.60. The molecule has 1 aliphatic heterocycles. The number of amides is 1. The van der Waals surface area contributed by atoms with Crippen LogP contribution in [0.1, 0.15) is 69.5 Å². The van der Waals surface area contributed by atoms with Gasteiger partial charge in [0.05, 0.1) is 6.04 Å². The zero-order chi connectivity index (χ0) is 15.4. The number of hydrogen-bond acceptors (Lipinski definition) is 2. The van der Waals surface area contributed by atoms with E-state index in [9.17, 15) is 4.79 Å². The zero-order valence-electron chi connectivity index (χ0n) is 13.5. The van der Waals surface area contributed by atoms with Gasteiger partial charge in [-0.2, -0.15) is 0 Å². The van der Waals surface area contributed by atoms with Crippen LogP contribution in [0.3, 0.4) is 0 Å². The van der Waals surface area contributed by atoms with Gasteiger partial charge in [-0.1, -0.05) is 45.0 Å². The molecule has 0 saturated carbocycles. The van der Waals surface area contributed by atoms with E-state index >= 15 is 0 Å². The molecule has 116 valence electrons. The number of rotatable bonds is 4. The summed E-state index contributed by atoms with van der Waals surface area (Å²) < 4.78 is 0. The number of benzene rings is 1. The molecule has 1 fully saturated rings. The van der Waals surface area contributed by atoms with Crippen molar-refractivity contribution < 1.29 is 4.79 Å². The summed E-state index contributed by atoms with van der Waals surface area (Å²) in [5.74, 6) is 0.776. The van der Waals surface area contributed by atoms with Crippen molar-refractivity contribution in [2.75, 3.05) is 6.54 Å². The van der Waals surface area contributed by atoms with Gasteiger partial charge in [0.15, 0.2) is 0 Å². The van der Waals surface area contributed by atoms with E-state index in [2.05, 4.69) is 45.0 Å². The second-order valence-electron chi connectivity index (χ2n) is 6.41. The first-order chi connectivity index (χ1) is 10.0. The molecule has 1 aromatic rings. The van der Waals surface area contributed by atoms with Gasteiger partial charge in [-0.05, 0) is 36.3 Å². The fraction of sp³-hybridized carbons (Fsp3) is 0.611. The molecule has 3 nitrogen and oxygen atoms in total. The van der Waals surface area contributed by atoms with E-state index in [1.165, 1.54) is 11.1 Å². The van der Waals surface area contributed by atoms with E-state index in [-0.39, 0.29) is 18.0 Å². The third kappa shape index (κ3) is 3.65. The summed E-state index contributed by atoms with van der Waals surface area (Å²) in [6.45, 7) is 7.30. The van der Waals surface area contributed by atoms with Crippen LogP contribution in [0, 0.1) is 0 Å². The highest BCUT2D eigenvalue weighted by Gasteiger charge is 2.32. The maximum atomic E-state index is 12.4. The Morgan fingerprint density at radius 1 is 1.29 bits per heavy atom. The van der Waals surface area contributed by atoms with Gasteiger partial charge in [0, 0.05) is 19.0 Å². The molecule has 2 unspecified atom stereocenters. The Morgan fingerprint density at radius 3 is 2.52 bits per heavy atom. The van der Waals surface area contributed by atoms with Crippen LogP contribution in [-0.2, 0) is 4.79 Å². The van der Waals surface area contributed by atoms with Crippen molar-refractivity contribution in [2.45, 2.75) is 64.5 Å². The second-order valence-corrected chi connectivity index (χ2v) is 6.41. The molecule has 3 heteroatoms. The topological polar surface area (TPSA) is 46.3 Å². The first-order valence-corrected chi connectivity index (χ1v) is 8.19. The molecule has 0 radical (unpaired) electrons. The highest BCUT2D eigenvalue weighted by atomic mass is 16.2. The van der Waals surface area contributed by atoms with Crippen molar-refractivity contribution in [1.82, 2.24) is 4.90 Å². The van der Waals surface area contributed by atoms with E-state index in [1.807, 2.05) is 4.90 Å². The van der Waals surface area contributed by atoms with Gasteiger partial charge in [0.2, 0.25) is 5.91 Å². The molecule has 1 saturated heterocycles. The highest BCUT2D eigenvalue weighted by Crippen LogP contribution is 2.31. The molecule has 2 atom stereocenters. The van der Waals surface area contributed by atoms with Crippen LogP contribution in [0.2, 0.25) is 0 Å². The fourth-order valence-corrected chi connectivity index (χ4v) is 3.19. The Hall–Kier alpha value is -1.35. The third-order valence-electron chi connectivity index (χ3n) is 4.40. The lowest BCUT2D eigenvalue weighted by molar-refractivity contribution is -0.133. The highest BCUT2D eigenvalue weighted by molar-refractivity contribution is 5.77.